The monoisotopic (exact) mass is 218 g/mol. The van der Waals surface area contributed by atoms with Crippen molar-refractivity contribution in [2.24, 2.45) is 0 Å². The SMILES string of the molecule is CC/C=C(/C)c1c(C)cccc1OCC=O. The van der Waals surface area contributed by atoms with Crippen LogP contribution in [0.2, 0.25) is 0 Å². The summed E-state index contributed by atoms with van der Waals surface area (Å²) in [6.45, 7) is 6.33. The highest BCUT2D eigenvalue weighted by atomic mass is 16.5. The summed E-state index contributed by atoms with van der Waals surface area (Å²) >= 11 is 0. The first-order valence-corrected chi connectivity index (χ1v) is 5.53. The van der Waals surface area contributed by atoms with Crippen molar-refractivity contribution in [2.45, 2.75) is 27.2 Å². The molecule has 0 aromatic heterocycles. The molecule has 86 valence electrons. The van der Waals surface area contributed by atoms with E-state index in [4.69, 9.17) is 4.74 Å². The normalized spacial score (nSPS) is 11.3. The number of aryl methyl sites for hydroxylation is 1. The number of carbonyl (C=O) groups excluding carboxylic acids is 1. The third-order valence-corrected chi connectivity index (χ3v) is 2.45. The van der Waals surface area contributed by atoms with Gasteiger partial charge in [0.05, 0.1) is 0 Å². The quantitative estimate of drug-likeness (QED) is 0.708. The molecule has 0 aliphatic rings. The van der Waals surface area contributed by atoms with E-state index in [9.17, 15) is 4.79 Å². The number of hydrogen-bond acceptors (Lipinski definition) is 2. The average Bonchev–Trinajstić information content (AvgIpc) is 2.26. The second kappa shape index (κ2) is 6.11. The zero-order valence-electron chi connectivity index (χ0n) is 10.1. The van der Waals surface area contributed by atoms with Gasteiger partial charge in [-0.1, -0.05) is 25.1 Å². The molecular formula is C14H18O2. The van der Waals surface area contributed by atoms with Crippen molar-refractivity contribution >= 4 is 11.9 Å². The maximum Gasteiger partial charge on any atom is 0.157 e. The Balaban J connectivity index is 3.12. The molecule has 1 rings (SSSR count). The molecule has 1 aromatic rings. The van der Waals surface area contributed by atoms with Gasteiger partial charge in [0.25, 0.3) is 0 Å². The van der Waals surface area contributed by atoms with Crippen molar-refractivity contribution < 1.29 is 9.53 Å². The van der Waals surface area contributed by atoms with Crippen LogP contribution in [0.15, 0.2) is 24.3 Å². The number of hydrogen-bond donors (Lipinski definition) is 0. The molecule has 2 nitrogen and oxygen atoms in total. The summed E-state index contributed by atoms with van der Waals surface area (Å²) in [6, 6.07) is 5.90. The molecule has 0 N–H and O–H groups in total. The first-order valence-electron chi connectivity index (χ1n) is 5.53. The summed E-state index contributed by atoms with van der Waals surface area (Å²) in [5, 5.41) is 0. The second-order valence-electron chi connectivity index (χ2n) is 3.72. The van der Waals surface area contributed by atoms with Crippen molar-refractivity contribution in [1.29, 1.82) is 0 Å². The molecule has 0 spiro atoms. The molecule has 0 saturated carbocycles. The summed E-state index contributed by atoms with van der Waals surface area (Å²) in [5.41, 5.74) is 3.47. The Morgan fingerprint density at radius 1 is 1.44 bits per heavy atom. The van der Waals surface area contributed by atoms with Crippen molar-refractivity contribution in [3.8, 4) is 5.75 Å². The Hall–Kier alpha value is -1.57. The lowest BCUT2D eigenvalue weighted by molar-refractivity contribution is -0.109. The summed E-state index contributed by atoms with van der Waals surface area (Å²) < 4.78 is 5.43. The van der Waals surface area contributed by atoms with Gasteiger partial charge in [0.2, 0.25) is 0 Å². The van der Waals surface area contributed by atoms with E-state index < -0.39 is 0 Å². The number of rotatable bonds is 5. The summed E-state index contributed by atoms with van der Waals surface area (Å²) in [6.07, 6.45) is 3.92. The molecule has 0 fully saturated rings. The molecule has 0 saturated heterocycles. The minimum atomic E-state index is 0.107. The Bertz CT molecular complexity index is 392. The number of allylic oxidation sites excluding steroid dienone is 2. The van der Waals surface area contributed by atoms with E-state index in [1.54, 1.807) is 0 Å². The van der Waals surface area contributed by atoms with Crippen LogP contribution in [-0.2, 0) is 4.79 Å². The van der Waals surface area contributed by atoms with Crippen molar-refractivity contribution in [1.82, 2.24) is 0 Å². The van der Waals surface area contributed by atoms with E-state index in [1.807, 2.05) is 12.1 Å². The minimum absolute atomic E-state index is 0.107. The van der Waals surface area contributed by atoms with Crippen LogP contribution >= 0.6 is 0 Å². The number of benzene rings is 1. The van der Waals surface area contributed by atoms with Gasteiger partial charge in [0.1, 0.15) is 12.4 Å². The molecule has 16 heavy (non-hydrogen) atoms. The van der Waals surface area contributed by atoms with Crippen LogP contribution in [0.3, 0.4) is 0 Å². The minimum Gasteiger partial charge on any atom is -0.486 e. The van der Waals surface area contributed by atoms with E-state index in [1.165, 1.54) is 11.1 Å². The summed E-state index contributed by atoms with van der Waals surface area (Å²) in [4.78, 5) is 10.3. The van der Waals surface area contributed by atoms with Crippen molar-refractivity contribution in [3.05, 3.63) is 35.4 Å². The summed E-state index contributed by atoms with van der Waals surface area (Å²) in [7, 11) is 0. The van der Waals surface area contributed by atoms with Gasteiger partial charge in [-0.3, -0.25) is 4.79 Å². The van der Waals surface area contributed by atoms with Gasteiger partial charge in [-0.2, -0.15) is 0 Å². The largest absolute Gasteiger partial charge is 0.486 e. The van der Waals surface area contributed by atoms with Crippen LogP contribution in [0.4, 0.5) is 0 Å². The molecule has 0 radical (unpaired) electrons. The number of carbonyl (C=O) groups is 1. The Labute approximate surface area is 96.9 Å². The predicted molar refractivity (Wildman–Crippen MR) is 66.7 cm³/mol. The molecule has 0 unspecified atom stereocenters. The van der Waals surface area contributed by atoms with Crippen LogP contribution in [-0.4, -0.2) is 12.9 Å². The predicted octanol–water partition coefficient (Wildman–Crippen LogP) is 3.39. The van der Waals surface area contributed by atoms with Crippen LogP contribution in [0.1, 0.15) is 31.4 Å². The molecule has 0 atom stereocenters. The highest BCUT2D eigenvalue weighted by Gasteiger charge is 2.07. The first kappa shape index (κ1) is 12.5. The highest BCUT2D eigenvalue weighted by Crippen LogP contribution is 2.29. The molecule has 0 amide bonds. The molecule has 1 aromatic carbocycles. The Morgan fingerprint density at radius 2 is 2.19 bits per heavy atom. The number of ether oxygens (including phenoxy) is 1. The lowest BCUT2D eigenvalue weighted by Gasteiger charge is -2.13. The lowest BCUT2D eigenvalue weighted by atomic mass is 10.00. The Kier molecular flexibility index (Phi) is 4.77. The van der Waals surface area contributed by atoms with E-state index in [-0.39, 0.29) is 6.61 Å². The van der Waals surface area contributed by atoms with Crippen LogP contribution in [0.25, 0.3) is 5.57 Å². The molecular weight excluding hydrogens is 200 g/mol. The van der Waals surface area contributed by atoms with Crippen LogP contribution in [0, 0.1) is 6.92 Å². The van der Waals surface area contributed by atoms with E-state index in [0.29, 0.717) is 0 Å². The molecule has 0 aliphatic heterocycles. The fraction of sp³-hybridized carbons (Fsp3) is 0.357. The summed E-state index contributed by atoms with van der Waals surface area (Å²) in [5.74, 6) is 0.786. The van der Waals surface area contributed by atoms with Gasteiger partial charge in [0, 0.05) is 5.56 Å². The fourth-order valence-electron chi connectivity index (χ4n) is 1.80. The van der Waals surface area contributed by atoms with Gasteiger partial charge in [-0.25, -0.2) is 0 Å². The van der Waals surface area contributed by atoms with Gasteiger partial charge in [-0.05, 0) is 37.5 Å². The van der Waals surface area contributed by atoms with E-state index in [0.717, 1.165) is 24.0 Å². The highest BCUT2D eigenvalue weighted by molar-refractivity contribution is 5.72. The zero-order chi connectivity index (χ0) is 12.0. The first-order chi connectivity index (χ1) is 7.70. The number of aldehydes is 1. The molecule has 0 aliphatic carbocycles. The maximum absolute atomic E-state index is 10.3. The van der Waals surface area contributed by atoms with Gasteiger partial charge < -0.3 is 4.74 Å². The molecule has 0 bridgehead atoms. The van der Waals surface area contributed by atoms with E-state index >= 15 is 0 Å². The van der Waals surface area contributed by atoms with E-state index in [2.05, 4.69) is 32.9 Å². The lowest BCUT2D eigenvalue weighted by Crippen LogP contribution is -2.01. The van der Waals surface area contributed by atoms with Gasteiger partial charge in [0.15, 0.2) is 6.29 Å². The Morgan fingerprint density at radius 3 is 2.81 bits per heavy atom. The average molecular weight is 218 g/mol. The standard InChI is InChI=1S/C14H18O2/c1-4-6-11(2)14-12(3)7-5-8-13(14)16-10-9-15/h5-9H,4,10H2,1-3H3/b11-6-. The third-order valence-electron chi connectivity index (χ3n) is 2.45. The van der Waals surface area contributed by atoms with Gasteiger partial charge >= 0.3 is 0 Å². The van der Waals surface area contributed by atoms with Crippen molar-refractivity contribution in [2.75, 3.05) is 6.61 Å². The van der Waals surface area contributed by atoms with Crippen LogP contribution in [0.5, 0.6) is 5.75 Å². The third kappa shape index (κ3) is 2.96. The maximum atomic E-state index is 10.3. The second-order valence-corrected chi connectivity index (χ2v) is 3.72. The van der Waals surface area contributed by atoms with Crippen molar-refractivity contribution in [3.63, 3.8) is 0 Å². The van der Waals surface area contributed by atoms with Gasteiger partial charge in [-0.15, -0.1) is 0 Å². The zero-order valence-corrected chi connectivity index (χ0v) is 10.1. The van der Waals surface area contributed by atoms with Crippen LogP contribution < -0.4 is 4.74 Å². The topological polar surface area (TPSA) is 26.3 Å². The molecule has 2 heteroatoms. The molecule has 0 heterocycles. The smallest absolute Gasteiger partial charge is 0.157 e. The fourth-order valence-corrected chi connectivity index (χ4v) is 1.80.